The molecule has 198 valence electrons. The normalized spacial score (nSPS) is 23.8. The third-order valence-corrected chi connectivity index (χ3v) is 8.38. The highest BCUT2D eigenvalue weighted by molar-refractivity contribution is 9.10. The minimum Gasteiger partial charge on any atom is -0.490 e. The van der Waals surface area contributed by atoms with Crippen LogP contribution in [0.25, 0.3) is 0 Å². The van der Waals surface area contributed by atoms with E-state index in [9.17, 15) is 14.9 Å². The largest absolute Gasteiger partial charge is 0.490 e. The van der Waals surface area contributed by atoms with Gasteiger partial charge >= 0.3 is 0 Å². The molecule has 2 heterocycles. The lowest BCUT2D eigenvalue weighted by Crippen LogP contribution is -2.54. The number of nitro groups is 1. The second-order valence-electron chi connectivity index (χ2n) is 9.30. The number of carbonyl (C=O) groups excluding carboxylic acids is 1. The number of rotatable bonds is 7. The summed E-state index contributed by atoms with van der Waals surface area (Å²) >= 11 is 15.7. The van der Waals surface area contributed by atoms with Crippen molar-refractivity contribution >= 4 is 50.7 Å². The van der Waals surface area contributed by atoms with Crippen LogP contribution in [0.15, 0.2) is 59.1 Å². The van der Waals surface area contributed by atoms with Gasteiger partial charge in [-0.05, 0) is 71.2 Å². The molecule has 1 saturated heterocycles. The molecule has 3 aromatic rings. The molecule has 1 fully saturated rings. The van der Waals surface area contributed by atoms with Crippen molar-refractivity contribution in [1.29, 1.82) is 0 Å². The van der Waals surface area contributed by atoms with Crippen LogP contribution >= 0.6 is 39.1 Å². The van der Waals surface area contributed by atoms with Crippen molar-refractivity contribution in [3.63, 3.8) is 0 Å². The van der Waals surface area contributed by atoms with Gasteiger partial charge in [0.2, 0.25) is 0 Å². The van der Waals surface area contributed by atoms with Crippen molar-refractivity contribution in [2.45, 2.75) is 44.0 Å². The first-order valence-corrected chi connectivity index (χ1v) is 13.6. The molecule has 1 amide bonds. The zero-order chi connectivity index (χ0) is 27.2. The Balaban J connectivity index is 1.53. The molecule has 3 aromatic carbocycles. The number of fused-ring (bicyclic) bond motifs is 2. The molecule has 0 saturated carbocycles. The average Bonchev–Trinajstić information content (AvgIpc) is 3.34. The van der Waals surface area contributed by atoms with E-state index in [-0.39, 0.29) is 11.5 Å². The zero-order valence-corrected chi connectivity index (χ0v) is 23.6. The van der Waals surface area contributed by atoms with Crippen LogP contribution in [0.1, 0.15) is 36.5 Å². The van der Waals surface area contributed by atoms with Crippen molar-refractivity contribution in [3.05, 3.63) is 95.9 Å². The molecular weight excluding hydrogens is 597 g/mol. The molecule has 2 aliphatic heterocycles. The second kappa shape index (κ2) is 10.4. The number of carbonyl (C=O) groups is 1. The Morgan fingerprint density at radius 1 is 1.11 bits per heavy atom. The molecule has 11 heteroatoms. The van der Waals surface area contributed by atoms with Crippen molar-refractivity contribution in [3.8, 4) is 11.5 Å². The lowest BCUT2D eigenvalue weighted by atomic mass is 9.78. The smallest absolute Gasteiger partial charge is 0.256 e. The first kappa shape index (κ1) is 26.7. The number of halogens is 3. The number of nitrogens with zero attached hydrogens (tertiary/aromatic N) is 1. The first-order chi connectivity index (χ1) is 18.2. The van der Waals surface area contributed by atoms with Crippen LogP contribution in [0.3, 0.4) is 0 Å². The summed E-state index contributed by atoms with van der Waals surface area (Å²) in [5, 5.41) is 19.6. The lowest BCUT2D eigenvalue weighted by molar-refractivity contribution is -0.532. The molecule has 8 nitrogen and oxygen atoms in total. The maximum absolute atomic E-state index is 13.3. The van der Waals surface area contributed by atoms with E-state index in [0.29, 0.717) is 49.4 Å². The molecule has 1 spiro atoms. The van der Waals surface area contributed by atoms with Gasteiger partial charge in [-0.25, -0.2) is 0 Å². The van der Waals surface area contributed by atoms with Gasteiger partial charge in [0.1, 0.15) is 6.61 Å². The van der Waals surface area contributed by atoms with E-state index in [4.69, 9.17) is 32.7 Å². The maximum atomic E-state index is 13.3. The molecule has 0 unspecified atom stereocenters. The van der Waals surface area contributed by atoms with Gasteiger partial charge in [0, 0.05) is 22.2 Å². The maximum Gasteiger partial charge on any atom is 0.256 e. The lowest BCUT2D eigenvalue weighted by Gasteiger charge is -2.26. The van der Waals surface area contributed by atoms with Gasteiger partial charge in [0.05, 0.1) is 27.0 Å². The number of hydrogen-bond donors (Lipinski definition) is 2. The molecule has 2 aliphatic rings. The van der Waals surface area contributed by atoms with Crippen LogP contribution in [0.2, 0.25) is 10.0 Å². The monoisotopic (exact) mass is 619 g/mol. The Morgan fingerprint density at radius 2 is 1.87 bits per heavy atom. The van der Waals surface area contributed by atoms with E-state index in [2.05, 4.69) is 26.6 Å². The summed E-state index contributed by atoms with van der Waals surface area (Å²) in [6.07, 6.45) is 0. The van der Waals surface area contributed by atoms with Crippen molar-refractivity contribution in [2.24, 2.45) is 0 Å². The topological polar surface area (TPSA) is 103 Å². The van der Waals surface area contributed by atoms with E-state index in [1.165, 1.54) is 0 Å². The summed E-state index contributed by atoms with van der Waals surface area (Å²) < 4.78 is 12.6. The van der Waals surface area contributed by atoms with Crippen molar-refractivity contribution in [2.75, 3.05) is 11.9 Å². The molecule has 0 aliphatic carbocycles. The summed E-state index contributed by atoms with van der Waals surface area (Å²) in [6.45, 7) is 4.26. The minimum absolute atomic E-state index is 0.202. The highest BCUT2D eigenvalue weighted by Gasteiger charge is 2.67. The Kier molecular flexibility index (Phi) is 7.30. The highest BCUT2D eigenvalue weighted by Crippen LogP contribution is 2.51. The van der Waals surface area contributed by atoms with Gasteiger partial charge < -0.3 is 14.8 Å². The second-order valence-corrected chi connectivity index (χ2v) is 11.0. The van der Waals surface area contributed by atoms with Gasteiger partial charge in [-0.2, -0.15) is 0 Å². The molecular formula is C27H24BrCl2N3O5. The van der Waals surface area contributed by atoms with Crippen LogP contribution in [0.4, 0.5) is 5.69 Å². The standard InChI is InChI=1S/C27H24BrCl2N3O5/c1-3-37-22-12-16(11-18(28)24(22)38-13-15-8-9-19(29)20(30)10-15)23-14(2)32-27(25(23)33(35)36)17-6-4-5-7-21(17)31-26(27)34/h4-12,14,23,25,32H,3,13H2,1-2H3,(H,31,34)/t14-,23-,25-,27+/m0/s1. The Hall–Kier alpha value is -2.85. The van der Waals surface area contributed by atoms with Crippen LogP contribution < -0.4 is 20.1 Å². The van der Waals surface area contributed by atoms with Crippen LogP contribution in [-0.4, -0.2) is 29.5 Å². The summed E-state index contributed by atoms with van der Waals surface area (Å²) in [4.78, 5) is 25.6. The van der Waals surface area contributed by atoms with Crippen LogP contribution in [0, 0.1) is 10.1 Å². The number of benzene rings is 3. The van der Waals surface area contributed by atoms with E-state index in [1.54, 1.807) is 48.5 Å². The highest BCUT2D eigenvalue weighted by atomic mass is 79.9. The van der Waals surface area contributed by atoms with Gasteiger partial charge in [0.25, 0.3) is 11.9 Å². The van der Waals surface area contributed by atoms with Crippen molar-refractivity contribution < 1.29 is 19.2 Å². The van der Waals surface area contributed by atoms with E-state index in [1.807, 2.05) is 19.9 Å². The molecule has 4 atom stereocenters. The van der Waals surface area contributed by atoms with Crippen LogP contribution in [0.5, 0.6) is 11.5 Å². The summed E-state index contributed by atoms with van der Waals surface area (Å²) in [5.41, 5.74) is 1.12. The fourth-order valence-electron chi connectivity index (χ4n) is 5.52. The number of para-hydroxylation sites is 1. The van der Waals surface area contributed by atoms with Crippen molar-refractivity contribution in [1.82, 2.24) is 5.32 Å². The van der Waals surface area contributed by atoms with E-state index < -0.39 is 29.4 Å². The number of amides is 1. The SMILES string of the molecule is CCOc1cc([C@@H]2[C@H](C)N[C@@]3(C(=O)Nc4ccccc43)[C@H]2[N+](=O)[O-])cc(Br)c1OCc1ccc(Cl)c(Cl)c1. The van der Waals surface area contributed by atoms with Gasteiger partial charge in [-0.1, -0.05) is 47.5 Å². The predicted molar refractivity (Wildman–Crippen MR) is 149 cm³/mol. The first-order valence-electron chi connectivity index (χ1n) is 12.0. The third kappa shape index (κ3) is 4.41. The minimum atomic E-state index is -1.49. The Labute approximate surface area is 237 Å². The zero-order valence-electron chi connectivity index (χ0n) is 20.5. The predicted octanol–water partition coefficient (Wildman–Crippen LogP) is 6.30. The number of anilines is 1. The van der Waals surface area contributed by atoms with Gasteiger partial charge in [-0.15, -0.1) is 0 Å². The number of hydrogen-bond acceptors (Lipinski definition) is 6. The fraction of sp³-hybridized carbons (Fsp3) is 0.296. The quantitative estimate of drug-likeness (QED) is 0.237. The summed E-state index contributed by atoms with van der Waals surface area (Å²) in [5.74, 6) is -0.179. The van der Waals surface area contributed by atoms with E-state index in [0.717, 1.165) is 5.56 Å². The number of ether oxygens (including phenoxy) is 2. The molecule has 0 bridgehead atoms. The van der Waals surface area contributed by atoms with Gasteiger partial charge in [-0.3, -0.25) is 20.2 Å². The average molecular weight is 621 g/mol. The summed E-state index contributed by atoms with van der Waals surface area (Å²) in [6, 6.07) is 14.2. The van der Waals surface area contributed by atoms with Gasteiger partial charge in [0.15, 0.2) is 17.0 Å². The van der Waals surface area contributed by atoms with Crippen LogP contribution in [-0.2, 0) is 16.9 Å². The molecule has 5 rings (SSSR count). The Bertz CT molecular complexity index is 1440. The fourth-order valence-corrected chi connectivity index (χ4v) is 6.42. The molecule has 2 N–H and O–H groups in total. The van der Waals surface area contributed by atoms with E-state index >= 15 is 0 Å². The molecule has 0 aromatic heterocycles. The Morgan fingerprint density at radius 3 is 2.58 bits per heavy atom. The molecule has 0 radical (unpaired) electrons. The summed E-state index contributed by atoms with van der Waals surface area (Å²) in [7, 11) is 0. The third-order valence-electron chi connectivity index (χ3n) is 7.05. The number of nitrogens with one attached hydrogen (secondary N) is 2. The molecule has 38 heavy (non-hydrogen) atoms.